The molecule has 14 heteroatoms. The van der Waals surface area contributed by atoms with Crippen LogP contribution in [0.25, 0.3) is 0 Å². The number of cyclic esters (lactones) is 1. The summed E-state index contributed by atoms with van der Waals surface area (Å²) in [6.07, 6.45) is 4.75. The zero-order chi connectivity index (χ0) is 36.6. The van der Waals surface area contributed by atoms with Gasteiger partial charge in [0.05, 0.1) is 18.6 Å². The minimum absolute atomic E-state index is 0.00604. The number of nitrogens with zero attached hydrogens (tertiary/aromatic N) is 1. The third-order valence-electron chi connectivity index (χ3n) is 8.96. The molecule has 8 atom stereocenters. The molecule has 0 saturated carbocycles. The molecule has 0 aromatic carbocycles. The second-order valence-electron chi connectivity index (χ2n) is 13.5. The summed E-state index contributed by atoms with van der Waals surface area (Å²) in [5.74, 6) is -5.64. The topological polar surface area (TPSA) is 203 Å². The van der Waals surface area contributed by atoms with E-state index < -0.39 is 96.9 Å². The van der Waals surface area contributed by atoms with Gasteiger partial charge in [0.2, 0.25) is 29.5 Å². The molecule has 1 fully saturated rings. The van der Waals surface area contributed by atoms with E-state index in [9.17, 15) is 39.0 Å². The molecule has 276 valence electrons. The Hall–Kier alpha value is -3.26. The Bertz CT molecular complexity index is 1070. The first-order valence-corrected chi connectivity index (χ1v) is 17.5. The van der Waals surface area contributed by atoms with Crippen LogP contribution in [0.4, 0.5) is 0 Å². The quantitative estimate of drug-likeness (QED) is 0.122. The molecule has 5 amide bonds. The van der Waals surface area contributed by atoms with Gasteiger partial charge in [0.15, 0.2) is 0 Å². The maximum absolute atomic E-state index is 13.9. The second kappa shape index (κ2) is 21.7. The van der Waals surface area contributed by atoms with Crippen LogP contribution < -0.4 is 21.3 Å². The lowest BCUT2D eigenvalue weighted by Crippen LogP contribution is -2.61. The maximum atomic E-state index is 13.9. The first-order valence-electron chi connectivity index (χ1n) is 17.5. The first-order chi connectivity index (χ1) is 22.6. The van der Waals surface area contributed by atoms with Crippen molar-refractivity contribution in [3.8, 4) is 0 Å². The van der Waals surface area contributed by atoms with E-state index in [1.165, 1.54) is 18.9 Å². The fraction of sp³-hybridized carbons (Fsp3) is 0.824. The fourth-order valence-electron chi connectivity index (χ4n) is 5.60. The maximum Gasteiger partial charge on any atom is 0.325 e. The van der Waals surface area contributed by atoms with Crippen LogP contribution in [-0.2, 0) is 33.5 Å². The van der Waals surface area contributed by atoms with Crippen molar-refractivity contribution in [2.24, 2.45) is 17.8 Å². The minimum atomic E-state index is -1.53. The van der Waals surface area contributed by atoms with Gasteiger partial charge in [0.25, 0.3) is 0 Å². The highest BCUT2D eigenvalue weighted by Gasteiger charge is 2.38. The third-order valence-corrected chi connectivity index (χ3v) is 8.96. The summed E-state index contributed by atoms with van der Waals surface area (Å²) in [7, 11) is 1.51. The van der Waals surface area contributed by atoms with Gasteiger partial charge in [-0.05, 0) is 38.0 Å². The van der Waals surface area contributed by atoms with E-state index in [0.29, 0.717) is 19.3 Å². The molecular formula is C34H61N5O9. The van der Waals surface area contributed by atoms with E-state index in [2.05, 4.69) is 28.2 Å². The number of carbonyl (C=O) groups is 6. The van der Waals surface area contributed by atoms with Gasteiger partial charge in [-0.3, -0.25) is 28.8 Å². The lowest BCUT2D eigenvalue weighted by molar-refractivity contribution is -0.157. The van der Waals surface area contributed by atoms with Crippen molar-refractivity contribution in [2.45, 2.75) is 143 Å². The molecule has 0 aromatic heterocycles. The van der Waals surface area contributed by atoms with Crippen LogP contribution in [0.5, 0.6) is 0 Å². The Balaban J connectivity index is 3.57. The molecule has 1 rings (SSSR count). The number of amides is 5. The third kappa shape index (κ3) is 13.7. The number of likely N-dealkylation sites (N-methyl/N-ethyl adjacent to an activating group) is 1. The van der Waals surface area contributed by atoms with E-state index in [-0.39, 0.29) is 12.3 Å². The highest BCUT2D eigenvalue weighted by Crippen LogP contribution is 2.22. The highest BCUT2D eigenvalue weighted by molar-refractivity contribution is 5.96. The number of hydrogen-bond acceptors (Lipinski definition) is 9. The molecule has 0 radical (unpaired) electrons. The van der Waals surface area contributed by atoms with Crippen molar-refractivity contribution in [1.82, 2.24) is 26.2 Å². The number of aliphatic hydroxyl groups is 2. The average molecular weight is 684 g/mol. The summed E-state index contributed by atoms with van der Waals surface area (Å²) < 4.78 is 5.76. The Morgan fingerprint density at radius 2 is 1.44 bits per heavy atom. The van der Waals surface area contributed by atoms with Gasteiger partial charge in [-0.2, -0.15) is 0 Å². The van der Waals surface area contributed by atoms with E-state index in [0.717, 1.165) is 32.1 Å². The van der Waals surface area contributed by atoms with Crippen LogP contribution in [0, 0.1) is 17.8 Å². The van der Waals surface area contributed by atoms with Crippen molar-refractivity contribution in [3.63, 3.8) is 0 Å². The Kier molecular flexibility index (Phi) is 19.3. The number of carbonyl (C=O) groups excluding carboxylic acids is 6. The normalized spacial score (nSPS) is 27.1. The summed E-state index contributed by atoms with van der Waals surface area (Å²) in [5, 5.41) is 30.1. The first kappa shape index (κ1) is 42.8. The van der Waals surface area contributed by atoms with Crippen LogP contribution in [0.1, 0.15) is 106 Å². The average Bonchev–Trinajstić information content (AvgIpc) is 3.04. The largest absolute Gasteiger partial charge is 0.460 e. The Morgan fingerprint density at radius 1 is 0.833 bits per heavy atom. The molecule has 1 aliphatic rings. The molecule has 48 heavy (non-hydrogen) atoms. The zero-order valence-corrected chi connectivity index (χ0v) is 30.2. The smallest absolute Gasteiger partial charge is 0.325 e. The minimum Gasteiger partial charge on any atom is -0.460 e. The highest BCUT2D eigenvalue weighted by atomic mass is 16.5. The van der Waals surface area contributed by atoms with Crippen LogP contribution >= 0.6 is 0 Å². The number of aliphatic hydroxyl groups excluding tert-OH is 2. The SMILES string of the molecule is CCCCCCCC[C@H]1OC(=O)CNC(=O)[C@H]([C@H](C)O)NC(=O)[C@H](CO)NC(=O)[C@H]([C@H](C)CC)NC(=O)[C@H](CC(C)C)N(C)C(=O)[C@@H]1C. The number of esters is 1. The van der Waals surface area contributed by atoms with Gasteiger partial charge < -0.3 is 41.1 Å². The second-order valence-corrected chi connectivity index (χ2v) is 13.5. The summed E-state index contributed by atoms with van der Waals surface area (Å²) in [5.41, 5.74) is 0. The van der Waals surface area contributed by atoms with Crippen LogP contribution in [0.15, 0.2) is 0 Å². The van der Waals surface area contributed by atoms with E-state index in [1.54, 1.807) is 13.8 Å². The zero-order valence-electron chi connectivity index (χ0n) is 30.2. The summed E-state index contributed by atoms with van der Waals surface area (Å²) in [6, 6.07) is -5.15. The lowest BCUT2D eigenvalue weighted by Gasteiger charge is -2.34. The number of hydrogen-bond donors (Lipinski definition) is 6. The van der Waals surface area contributed by atoms with E-state index in [1.807, 2.05) is 20.8 Å². The van der Waals surface area contributed by atoms with Crippen molar-refractivity contribution in [3.05, 3.63) is 0 Å². The summed E-state index contributed by atoms with van der Waals surface area (Å²) in [6.45, 7) is 11.0. The molecule has 1 heterocycles. The van der Waals surface area contributed by atoms with E-state index in [4.69, 9.17) is 4.74 Å². The number of unbranched alkanes of at least 4 members (excludes halogenated alkanes) is 5. The molecule has 1 aliphatic heterocycles. The van der Waals surface area contributed by atoms with Gasteiger partial charge in [-0.15, -0.1) is 0 Å². The fourth-order valence-corrected chi connectivity index (χ4v) is 5.60. The summed E-state index contributed by atoms with van der Waals surface area (Å²) in [4.78, 5) is 81.7. The molecule has 1 saturated heterocycles. The van der Waals surface area contributed by atoms with Crippen molar-refractivity contribution < 1.29 is 43.7 Å². The van der Waals surface area contributed by atoms with Crippen LogP contribution in [0.3, 0.4) is 0 Å². The van der Waals surface area contributed by atoms with Crippen LogP contribution in [-0.4, -0.2) is 107 Å². The summed E-state index contributed by atoms with van der Waals surface area (Å²) >= 11 is 0. The molecular weight excluding hydrogens is 622 g/mol. The molecule has 0 unspecified atom stereocenters. The molecule has 14 nitrogen and oxygen atoms in total. The number of ether oxygens (including phenoxy) is 1. The van der Waals surface area contributed by atoms with Gasteiger partial charge >= 0.3 is 5.97 Å². The molecule has 0 bridgehead atoms. The predicted molar refractivity (Wildman–Crippen MR) is 180 cm³/mol. The molecule has 6 N–H and O–H groups in total. The Morgan fingerprint density at radius 3 is 2.00 bits per heavy atom. The predicted octanol–water partition coefficient (Wildman–Crippen LogP) is 1.16. The Labute approximate surface area is 285 Å². The molecule has 0 spiro atoms. The number of rotatable bonds is 13. The molecule has 0 aromatic rings. The van der Waals surface area contributed by atoms with E-state index >= 15 is 0 Å². The van der Waals surface area contributed by atoms with Gasteiger partial charge in [-0.1, -0.05) is 80.1 Å². The van der Waals surface area contributed by atoms with Gasteiger partial charge in [-0.25, -0.2) is 0 Å². The standard InChI is InChI=1S/C34H61N5O9/c1-9-11-12-13-14-15-16-26-22(6)34(47)39(8)25(17-20(3)4)31(44)37-28(21(5)10-2)33(46)36-24(19-40)30(43)38-29(23(7)41)32(45)35-18-27(42)48-26/h20-26,28-29,40-41H,9-19H2,1-8H3,(H,35,45)(H,36,46)(H,37,44)(H,38,43)/t21-,22-,23+,24+,25+,26-,28+,29+/m1/s1. The number of nitrogens with one attached hydrogen (secondary N) is 4. The monoisotopic (exact) mass is 683 g/mol. The van der Waals surface area contributed by atoms with Crippen molar-refractivity contribution in [1.29, 1.82) is 0 Å². The molecule has 0 aliphatic carbocycles. The van der Waals surface area contributed by atoms with Gasteiger partial charge in [0.1, 0.15) is 36.8 Å². The van der Waals surface area contributed by atoms with Crippen LogP contribution in [0.2, 0.25) is 0 Å². The van der Waals surface area contributed by atoms with Crippen molar-refractivity contribution >= 4 is 35.5 Å². The lowest BCUT2D eigenvalue weighted by atomic mass is 9.94. The van der Waals surface area contributed by atoms with Gasteiger partial charge in [0, 0.05) is 7.05 Å². The van der Waals surface area contributed by atoms with Crippen molar-refractivity contribution in [2.75, 3.05) is 20.2 Å².